The zero-order valence-corrected chi connectivity index (χ0v) is 13.1. The van der Waals surface area contributed by atoms with E-state index in [0.29, 0.717) is 0 Å². The molecule has 3 N–H and O–H groups in total. The van der Waals surface area contributed by atoms with E-state index in [4.69, 9.17) is 0 Å². The lowest BCUT2D eigenvalue weighted by Gasteiger charge is -2.20. The van der Waals surface area contributed by atoms with Crippen molar-refractivity contribution in [1.29, 1.82) is 0 Å². The summed E-state index contributed by atoms with van der Waals surface area (Å²) in [6.07, 6.45) is 4.15. The lowest BCUT2D eigenvalue weighted by Crippen LogP contribution is -2.24. The van der Waals surface area contributed by atoms with Gasteiger partial charge in [-0.1, -0.05) is 6.07 Å². The van der Waals surface area contributed by atoms with Crippen molar-refractivity contribution < 1.29 is 13.6 Å². The van der Waals surface area contributed by atoms with E-state index in [1.54, 1.807) is 6.20 Å². The predicted molar refractivity (Wildman–Crippen MR) is 86.8 cm³/mol. The maximum Gasteiger partial charge on any atom is 0.233 e. The first kappa shape index (κ1) is 15.5. The number of benzene rings is 1. The average Bonchev–Trinajstić information content (AvgIpc) is 3.23. The van der Waals surface area contributed by atoms with Crippen LogP contribution in [0.1, 0.15) is 30.0 Å². The normalized spacial score (nSPS) is 16.5. The summed E-state index contributed by atoms with van der Waals surface area (Å²) in [5, 5.41) is 16.1. The summed E-state index contributed by atoms with van der Waals surface area (Å²) in [6, 6.07) is 5.04. The number of carbonyl (C=O) groups excluding carboxylic acids is 1. The molecular formula is C17H15F2N5O. The summed E-state index contributed by atoms with van der Waals surface area (Å²) in [5.74, 6) is -1.70. The molecule has 0 bridgehead atoms. The Morgan fingerprint density at radius 2 is 2.04 bits per heavy atom. The highest BCUT2D eigenvalue weighted by Crippen LogP contribution is 2.31. The van der Waals surface area contributed by atoms with Crippen molar-refractivity contribution in [2.24, 2.45) is 0 Å². The number of fused-ring (bicyclic) bond motifs is 1. The van der Waals surface area contributed by atoms with Crippen LogP contribution in [-0.2, 0) is 11.2 Å². The minimum absolute atomic E-state index is 0.165. The molecule has 1 aliphatic rings. The fourth-order valence-electron chi connectivity index (χ4n) is 3.22. The van der Waals surface area contributed by atoms with Crippen molar-refractivity contribution in [3.63, 3.8) is 0 Å². The highest BCUT2D eigenvalue weighted by Gasteiger charge is 2.28. The summed E-state index contributed by atoms with van der Waals surface area (Å²) in [7, 11) is 0. The first-order chi connectivity index (χ1) is 12.1. The Morgan fingerprint density at radius 1 is 1.24 bits per heavy atom. The lowest BCUT2D eigenvalue weighted by atomic mass is 9.86. The number of hydrogen-bond acceptors (Lipinski definition) is 3. The molecule has 3 aromatic rings. The maximum atomic E-state index is 13.8. The maximum absolute atomic E-state index is 13.8. The lowest BCUT2D eigenvalue weighted by molar-refractivity contribution is -0.117. The average molecular weight is 343 g/mol. The minimum atomic E-state index is -0.697. The topological polar surface area (TPSA) is 86.5 Å². The van der Waals surface area contributed by atoms with Crippen LogP contribution in [0.4, 0.5) is 14.6 Å². The Labute approximate surface area is 141 Å². The summed E-state index contributed by atoms with van der Waals surface area (Å²) < 4.78 is 27.7. The van der Waals surface area contributed by atoms with Gasteiger partial charge in [-0.05, 0) is 31.4 Å². The van der Waals surface area contributed by atoms with Gasteiger partial charge in [0, 0.05) is 17.3 Å². The molecule has 25 heavy (non-hydrogen) atoms. The van der Waals surface area contributed by atoms with Gasteiger partial charge in [0.15, 0.2) is 5.82 Å². The molecule has 128 valence electrons. The third-order valence-electron chi connectivity index (χ3n) is 4.42. The molecule has 6 nitrogen and oxygen atoms in total. The second-order valence-corrected chi connectivity index (χ2v) is 6.00. The number of aryl methyl sites for hydroxylation is 1. The van der Waals surface area contributed by atoms with Crippen LogP contribution in [-0.4, -0.2) is 26.3 Å². The van der Waals surface area contributed by atoms with Crippen molar-refractivity contribution in [3.05, 3.63) is 53.4 Å². The summed E-state index contributed by atoms with van der Waals surface area (Å²) in [5.41, 5.74) is 1.83. The molecule has 1 atom stereocenters. The van der Waals surface area contributed by atoms with Gasteiger partial charge in [-0.25, -0.2) is 8.78 Å². The van der Waals surface area contributed by atoms with Crippen LogP contribution in [0.5, 0.6) is 0 Å². The quantitative estimate of drug-likeness (QED) is 0.683. The number of halogens is 2. The van der Waals surface area contributed by atoms with E-state index in [2.05, 4.69) is 25.7 Å². The van der Waals surface area contributed by atoms with Crippen LogP contribution in [0, 0.1) is 11.6 Å². The molecule has 2 heterocycles. The largest absolute Gasteiger partial charge is 0.309 e. The van der Waals surface area contributed by atoms with E-state index in [1.165, 1.54) is 24.3 Å². The van der Waals surface area contributed by atoms with Gasteiger partial charge in [-0.2, -0.15) is 10.2 Å². The second-order valence-electron chi connectivity index (χ2n) is 6.00. The van der Waals surface area contributed by atoms with E-state index in [1.807, 2.05) is 0 Å². The molecule has 0 saturated carbocycles. The van der Waals surface area contributed by atoms with Gasteiger partial charge in [0.1, 0.15) is 11.6 Å². The number of H-pyrrole nitrogens is 2. The smallest absolute Gasteiger partial charge is 0.233 e. The number of anilines is 1. The van der Waals surface area contributed by atoms with Crippen LogP contribution in [0.15, 0.2) is 30.5 Å². The van der Waals surface area contributed by atoms with Crippen LogP contribution < -0.4 is 5.32 Å². The third kappa shape index (κ3) is 2.79. The summed E-state index contributed by atoms with van der Waals surface area (Å²) in [4.78, 5) is 12.6. The molecule has 2 aromatic heterocycles. The molecule has 0 aliphatic heterocycles. The molecule has 1 aromatic carbocycles. The monoisotopic (exact) mass is 343 g/mol. The predicted octanol–water partition coefficient (Wildman–Crippen LogP) is 3.14. The van der Waals surface area contributed by atoms with Crippen LogP contribution in [0.3, 0.4) is 0 Å². The fraction of sp³-hybridized carbons (Fsp3) is 0.235. The van der Waals surface area contributed by atoms with E-state index < -0.39 is 11.6 Å². The molecule has 0 radical (unpaired) electrons. The Balaban J connectivity index is 1.55. The number of hydrogen-bond donors (Lipinski definition) is 3. The molecule has 0 spiro atoms. The Kier molecular flexibility index (Phi) is 3.79. The van der Waals surface area contributed by atoms with Crippen molar-refractivity contribution in [2.45, 2.75) is 25.2 Å². The van der Waals surface area contributed by atoms with E-state index in [9.17, 15) is 13.6 Å². The van der Waals surface area contributed by atoms with Gasteiger partial charge in [0.05, 0.1) is 23.4 Å². The SMILES string of the molecule is O=C(Nc1cc(-c2c(F)cccc2F)[nH]n1)[C@H]1CCCc2[nH]ncc21. The number of nitrogens with one attached hydrogen (secondary N) is 3. The Morgan fingerprint density at radius 3 is 2.84 bits per heavy atom. The number of aromatic amines is 2. The number of nitrogens with zero attached hydrogens (tertiary/aromatic N) is 2. The van der Waals surface area contributed by atoms with Gasteiger partial charge in [-0.15, -0.1) is 0 Å². The zero-order chi connectivity index (χ0) is 17.4. The molecule has 8 heteroatoms. The zero-order valence-electron chi connectivity index (χ0n) is 13.1. The van der Waals surface area contributed by atoms with Gasteiger partial charge in [-0.3, -0.25) is 15.0 Å². The molecule has 0 unspecified atom stereocenters. The molecule has 4 rings (SSSR count). The number of aromatic nitrogens is 4. The third-order valence-corrected chi connectivity index (χ3v) is 4.42. The standard InChI is InChI=1S/C17H15F2N5O/c18-11-4-2-5-12(19)16(11)14-7-15(24-23-14)21-17(25)9-3-1-6-13-10(9)8-20-22-13/h2,4-5,7-9H,1,3,6H2,(H,20,22)(H2,21,23,24,25)/t9-/m0/s1. The second kappa shape index (κ2) is 6.12. The number of carbonyl (C=O) groups is 1. The van der Waals surface area contributed by atoms with Crippen molar-refractivity contribution in [1.82, 2.24) is 20.4 Å². The highest BCUT2D eigenvalue weighted by atomic mass is 19.1. The van der Waals surface area contributed by atoms with Crippen LogP contribution in [0.25, 0.3) is 11.3 Å². The van der Waals surface area contributed by atoms with Gasteiger partial charge in [0.2, 0.25) is 5.91 Å². The van der Waals surface area contributed by atoms with Crippen molar-refractivity contribution in [2.75, 3.05) is 5.32 Å². The van der Waals surface area contributed by atoms with Crippen LogP contribution >= 0.6 is 0 Å². The minimum Gasteiger partial charge on any atom is -0.309 e. The van der Waals surface area contributed by atoms with Crippen molar-refractivity contribution in [3.8, 4) is 11.3 Å². The first-order valence-corrected chi connectivity index (χ1v) is 7.96. The number of rotatable bonds is 3. The van der Waals surface area contributed by atoms with Crippen molar-refractivity contribution >= 4 is 11.7 Å². The highest BCUT2D eigenvalue weighted by molar-refractivity contribution is 5.95. The molecular weight excluding hydrogens is 328 g/mol. The molecule has 0 fully saturated rings. The molecule has 1 amide bonds. The van der Waals surface area contributed by atoms with Crippen LogP contribution in [0.2, 0.25) is 0 Å². The molecule has 1 aliphatic carbocycles. The van der Waals surface area contributed by atoms with E-state index in [-0.39, 0.29) is 28.9 Å². The van der Waals surface area contributed by atoms with E-state index in [0.717, 1.165) is 30.5 Å². The Hall–Kier alpha value is -3.03. The summed E-state index contributed by atoms with van der Waals surface area (Å²) in [6.45, 7) is 0. The Bertz CT molecular complexity index is 913. The van der Waals surface area contributed by atoms with Gasteiger partial charge < -0.3 is 5.32 Å². The number of amides is 1. The summed E-state index contributed by atoms with van der Waals surface area (Å²) >= 11 is 0. The van der Waals surface area contributed by atoms with Gasteiger partial charge >= 0.3 is 0 Å². The van der Waals surface area contributed by atoms with Gasteiger partial charge in [0.25, 0.3) is 0 Å². The first-order valence-electron chi connectivity index (χ1n) is 7.96. The molecule has 0 saturated heterocycles. The fourth-order valence-corrected chi connectivity index (χ4v) is 3.22. The van der Waals surface area contributed by atoms with E-state index >= 15 is 0 Å².